The number of nitrogens with two attached hydrogens (primary N) is 2. The third-order valence-corrected chi connectivity index (χ3v) is 14.1. The molecule has 1 saturated heterocycles. The molecular formula is C55H95N15O17. The SMILES string of the molecule is CC(=O)N1CCC[C@H]1C(=O)N[C@@H](CCCCN)C(=O)N[C@@H](CC(=O)O)C(=O)N[C@@H](CNC(=O)CN(CC(=O)O)CC(=O)O)C(=O)N[C@@H](CCCCNC(=O)COCCOCCNC(=O)CCCCCCCCCCCCCCCc1nnn[nH]1)C(N)=O. The first kappa shape index (κ1) is 75.6. The molecule has 0 unspecified atom stereocenters. The predicted molar refractivity (Wildman–Crippen MR) is 311 cm³/mol. The van der Waals surface area contributed by atoms with Gasteiger partial charge in [-0.1, -0.05) is 70.6 Å². The molecule has 0 saturated carbocycles. The van der Waals surface area contributed by atoms with Crippen LogP contribution < -0.4 is 48.7 Å². The van der Waals surface area contributed by atoms with Gasteiger partial charge in [-0.05, 0) is 81.2 Å². The van der Waals surface area contributed by atoms with Crippen LogP contribution in [0.3, 0.4) is 0 Å². The fraction of sp³-hybridized carbons (Fsp3) is 0.764. The van der Waals surface area contributed by atoms with Gasteiger partial charge in [-0.2, -0.15) is 0 Å². The van der Waals surface area contributed by atoms with Gasteiger partial charge >= 0.3 is 17.9 Å². The van der Waals surface area contributed by atoms with Crippen LogP contribution in [-0.2, 0) is 73.4 Å². The van der Waals surface area contributed by atoms with E-state index in [1.54, 1.807) is 0 Å². The second-order valence-electron chi connectivity index (χ2n) is 21.4. The lowest BCUT2D eigenvalue weighted by molar-refractivity contribution is -0.143. The third kappa shape index (κ3) is 36.3. The molecule has 32 heteroatoms. The maximum atomic E-state index is 13.9. The first-order valence-corrected chi connectivity index (χ1v) is 30.2. The predicted octanol–water partition coefficient (Wildman–Crippen LogP) is -1.73. The van der Waals surface area contributed by atoms with Crippen molar-refractivity contribution in [3.05, 3.63) is 5.82 Å². The van der Waals surface area contributed by atoms with E-state index in [9.17, 15) is 72.9 Å². The molecule has 1 aliphatic heterocycles. The highest BCUT2D eigenvalue weighted by atomic mass is 16.5. The molecule has 5 atom stereocenters. The lowest BCUT2D eigenvalue weighted by Gasteiger charge is -2.27. The maximum absolute atomic E-state index is 13.9. The highest BCUT2D eigenvalue weighted by Crippen LogP contribution is 2.19. The summed E-state index contributed by atoms with van der Waals surface area (Å²) < 4.78 is 10.9. The molecule has 0 bridgehead atoms. The molecule has 1 fully saturated rings. The standard InChI is InChI=1S/C55H95N15O17/c1-38(71)70-28-19-22-43(70)55(85)62-40(21-15-17-25-56)52(82)63-41(32-48(75)76)53(83)64-42(33-60-46(73)34-69(35-49(77)78)36-50(79)80)54(84)61-39(51(57)81)20-16-18-26-58-47(74)37-87-31-30-86-29-27-59-45(72)24-14-12-10-8-6-4-2-3-5-7-9-11-13-23-44-65-67-68-66-44/h39-43H,2-37,56H2,1H3,(H2,57,81)(H,58,74)(H,59,72)(H,60,73)(H,61,84)(H,62,85)(H,63,82)(H,64,83)(H,75,76)(H,77,78)(H,79,80)(H,65,66,67,68)/t39-,40-,41-,42-,43-/m0/s1. The number of carbonyl (C=O) groups is 12. The topological polar surface area (TPSA) is 481 Å². The van der Waals surface area contributed by atoms with Crippen LogP contribution in [0.2, 0.25) is 0 Å². The van der Waals surface area contributed by atoms with Crippen molar-refractivity contribution in [2.24, 2.45) is 11.5 Å². The van der Waals surface area contributed by atoms with Crippen LogP contribution in [0.1, 0.15) is 160 Å². The molecule has 0 aromatic carbocycles. The highest BCUT2D eigenvalue weighted by Gasteiger charge is 2.36. The summed E-state index contributed by atoms with van der Waals surface area (Å²) in [6.45, 7) is -0.755. The Labute approximate surface area is 507 Å². The van der Waals surface area contributed by atoms with E-state index in [-0.39, 0.29) is 77.0 Å². The zero-order chi connectivity index (χ0) is 64.2. The lowest BCUT2D eigenvalue weighted by atomic mass is 10.0. The average molecular weight is 1240 g/mol. The molecule has 15 N–H and O–H groups in total. The van der Waals surface area contributed by atoms with Crippen molar-refractivity contribution in [1.82, 2.24) is 67.6 Å². The Kier molecular flexibility index (Phi) is 39.8. The second-order valence-corrected chi connectivity index (χ2v) is 21.4. The molecule has 2 rings (SSSR count). The number of aromatic nitrogens is 4. The van der Waals surface area contributed by atoms with Crippen LogP contribution in [-0.4, -0.2) is 226 Å². The molecule has 9 amide bonds. The van der Waals surface area contributed by atoms with Gasteiger partial charge in [-0.15, -0.1) is 5.10 Å². The largest absolute Gasteiger partial charge is 0.481 e. The van der Waals surface area contributed by atoms with Gasteiger partial charge in [0.15, 0.2) is 0 Å². The summed E-state index contributed by atoms with van der Waals surface area (Å²) in [5.41, 5.74) is 11.3. The summed E-state index contributed by atoms with van der Waals surface area (Å²) in [6.07, 6.45) is 17.5. The van der Waals surface area contributed by atoms with Gasteiger partial charge in [-0.3, -0.25) is 62.4 Å². The Morgan fingerprint density at radius 3 is 1.77 bits per heavy atom. The van der Waals surface area contributed by atoms with Gasteiger partial charge in [0.05, 0.1) is 45.9 Å². The van der Waals surface area contributed by atoms with Gasteiger partial charge in [0, 0.05) is 45.9 Å². The van der Waals surface area contributed by atoms with Gasteiger partial charge in [0.1, 0.15) is 42.6 Å². The van der Waals surface area contributed by atoms with Gasteiger partial charge in [-0.25, -0.2) is 5.10 Å². The average Bonchev–Trinajstić information content (AvgIpc) is 3.43. The van der Waals surface area contributed by atoms with E-state index < -0.39 is 122 Å². The first-order valence-electron chi connectivity index (χ1n) is 30.2. The number of H-pyrrole nitrogens is 1. The normalized spacial score (nSPS) is 14.2. The number of unbranched alkanes of at least 4 members (excludes halogenated alkanes) is 14. The van der Waals surface area contributed by atoms with Crippen LogP contribution in [0.4, 0.5) is 0 Å². The number of nitrogens with zero attached hydrogens (tertiary/aromatic N) is 5. The van der Waals surface area contributed by atoms with E-state index in [4.69, 9.17) is 20.9 Å². The van der Waals surface area contributed by atoms with E-state index in [0.717, 1.165) is 42.8 Å². The number of carboxylic acid groups (broad SMARTS) is 3. The molecule has 0 spiro atoms. The molecule has 492 valence electrons. The fourth-order valence-electron chi connectivity index (χ4n) is 9.46. The summed E-state index contributed by atoms with van der Waals surface area (Å²) in [5.74, 6) is -10.6. The Hall–Kier alpha value is -7.45. The molecule has 1 aromatic heterocycles. The molecule has 87 heavy (non-hydrogen) atoms. The molecule has 32 nitrogen and oxygen atoms in total. The maximum Gasteiger partial charge on any atom is 0.317 e. The number of carboxylic acids is 3. The summed E-state index contributed by atoms with van der Waals surface area (Å²) in [4.78, 5) is 154. The fourth-order valence-corrected chi connectivity index (χ4v) is 9.46. The van der Waals surface area contributed by atoms with Crippen molar-refractivity contribution in [2.45, 2.75) is 191 Å². The second kappa shape index (κ2) is 45.8. The number of rotatable bonds is 52. The van der Waals surface area contributed by atoms with E-state index in [0.29, 0.717) is 45.2 Å². The number of ether oxygens (including phenoxy) is 2. The Morgan fingerprint density at radius 2 is 1.17 bits per heavy atom. The van der Waals surface area contributed by atoms with Crippen LogP contribution in [0, 0.1) is 0 Å². The number of hydrogen-bond donors (Lipinski definition) is 13. The number of aromatic amines is 1. The number of likely N-dealkylation sites (tertiary alicyclic amines) is 1. The third-order valence-electron chi connectivity index (χ3n) is 14.1. The number of tetrazole rings is 1. The zero-order valence-corrected chi connectivity index (χ0v) is 50.3. The van der Waals surface area contributed by atoms with Crippen molar-refractivity contribution in [3.8, 4) is 0 Å². The Morgan fingerprint density at radius 1 is 0.609 bits per heavy atom. The number of primary amides is 1. The summed E-state index contributed by atoms with van der Waals surface area (Å²) in [6, 6.07) is -7.39. The molecule has 0 aliphatic carbocycles. The minimum absolute atomic E-state index is 0.00650. The van der Waals surface area contributed by atoms with Crippen molar-refractivity contribution < 1.29 is 82.3 Å². The van der Waals surface area contributed by atoms with Crippen molar-refractivity contribution >= 4 is 71.1 Å². The minimum atomic E-state index is -1.92. The van der Waals surface area contributed by atoms with Crippen LogP contribution in [0.25, 0.3) is 0 Å². The first-order chi connectivity index (χ1) is 41.7. The minimum Gasteiger partial charge on any atom is -0.481 e. The highest BCUT2D eigenvalue weighted by molar-refractivity contribution is 5.98. The molecule has 1 aromatic rings. The van der Waals surface area contributed by atoms with E-state index in [1.165, 1.54) is 69.6 Å². The van der Waals surface area contributed by atoms with Gasteiger partial charge < -0.3 is 78.4 Å². The van der Waals surface area contributed by atoms with Crippen LogP contribution in [0.5, 0.6) is 0 Å². The molecule has 2 heterocycles. The Balaban J connectivity index is 1.81. The number of aliphatic carboxylic acids is 3. The monoisotopic (exact) mass is 1240 g/mol. The number of aryl methyl sites for hydroxylation is 1. The smallest absolute Gasteiger partial charge is 0.317 e. The number of amides is 9. The van der Waals surface area contributed by atoms with E-state index in [1.807, 2.05) is 0 Å². The molecular weight excluding hydrogens is 1140 g/mol. The van der Waals surface area contributed by atoms with E-state index >= 15 is 0 Å². The molecule has 1 aliphatic rings. The Bertz CT molecular complexity index is 2270. The summed E-state index contributed by atoms with van der Waals surface area (Å²) in [5, 5.41) is 59.4. The van der Waals surface area contributed by atoms with Crippen LogP contribution >= 0.6 is 0 Å². The zero-order valence-electron chi connectivity index (χ0n) is 50.3. The summed E-state index contributed by atoms with van der Waals surface area (Å²) in [7, 11) is 0. The van der Waals surface area contributed by atoms with Crippen molar-refractivity contribution in [2.75, 3.05) is 78.8 Å². The number of carbonyl (C=O) groups excluding carboxylic acids is 9. The summed E-state index contributed by atoms with van der Waals surface area (Å²) >= 11 is 0. The van der Waals surface area contributed by atoms with Gasteiger partial charge in [0.25, 0.3) is 0 Å². The van der Waals surface area contributed by atoms with Crippen molar-refractivity contribution in [1.29, 1.82) is 0 Å². The lowest BCUT2D eigenvalue weighted by Crippen LogP contribution is -2.61. The van der Waals surface area contributed by atoms with Crippen molar-refractivity contribution in [3.63, 3.8) is 0 Å². The quantitative estimate of drug-likeness (QED) is 0.0322. The molecule has 0 radical (unpaired) electrons. The van der Waals surface area contributed by atoms with Crippen LogP contribution in [0.15, 0.2) is 0 Å². The van der Waals surface area contributed by atoms with Gasteiger partial charge in [0.2, 0.25) is 53.2 Å². The number of hydrogen-bond acceptors (Lipinski definition) is 19. The van der Waals surface area contributed by atoms with E-state index in [2.05, 4.69) is 57.8 Å². The number of nitrogens with one attached hydrogen (secondary N) is 8.